The first kappa shape index (κ1) is 8.52. The summed E-state index contributed by atoms with van der Waals surface area (Å²) in [7, 11) is 0. The van der Waals surface area contributed by atoms with Crippen LogP contribution in [0.3, 0.4) is 0 Å². The molecule has 64 valence electrons. The van der Waals surface area contributed by atoms with Crippen molar-refractivity contribution in [2.75, 3.05) is 12.3 Å². The van der Waals surface area contributed by atoms with Crippen LogP contribution < -0.4 is 5.73 Å². The molecule has 0 radical (unpaired) electrons. The van der Waals surface area contributed by atoms with E-state index in [0.29, 0.717) is 12.4 Å². The fraction of sp³-hybridized carbons (Fsp3) is 0.250. The van der Waals surface area contributed by atoms with Crippen molar-refractivity contribution < 1.29 is 4.74 Å². The zero-order valence-electron chi connectivity index (χ0n) is 6.90. The van der Waals surface area contributed by atoms with E-state index >= 15 is 0 Å². The second kappa shape index (κ2) is 4.33. The van der Waals surface area contributed by atoms with Crippen molar-refractivity contribution in [1.82, 2.24) is 10.2 Å². The number of nitrogen functional groups attached to an aromatic ring is 1. The maximum atomic E-state index is 5.35. The van der Waals surface area contributed by atoms with Crippen LogP contribution in [-0.2, 0) is 4.74 Å². The summed E-state index contributed by atoms with van der Waals surface area (Å²) < 4.78 is 4.99. The molecule has 0 aliphatic rings. The van der Waals surface area contributed by atoms with Gasteiger partial charge in [-0.1, -0.05) is 0 Å². The van der Waals surface area contributed by atoms with Gasteiger partial charge in [0.1, 0.15) is 5.82 Å². The van der Waals surface area contributed by atoms with E-state index in [1.165, 1.54) is 0 Å². The summed E-state index contributed by atoms with van der Waals surface area (Å²) in [6, 6.07) is 3.47. The molecule has 0 bridgehead atoms. The van der Waals surface area contributed by atoms with E-state index in [0.717, 1.165) is 5.69 Å². The highest BCUT2D eigenvalue weighted by Crippen LogP contribution is 1.98. The molecule has 0 saturated heterocycles. The van der Waals surface area contributed by atoms with Crippen LogP contribution in [0.4, 0.5) is 5.82 Å². The van der Waals surface area contributed by atoms with Gasteiger partial charge in [-0.25, -0.2) is 0 Å². The predicted octanol–water partition coefficient (Wildman–Crippen LogP) is 1.07. The van der Waals surface area contributed by atoms with Crippen molar-refractivity contribution in [2.45, 2.75) is 6.92 Å². The maximum absolute atomic E-state index is 5.35. The Bertz CT molecular complexity index is 256. The minimum atomic E-state index is 0.420. The van der Waals surface area contributed by atoms with Gasteiger partial charge in [0.25, 0.3) is 0 Å². The molecular formula is C8H11N3O. The first-order valence-electron chi connectivity index (χ1n) is 3.70. The summed E-state index contributed by atoms with van der Waals surface area (Å²) in [4.78, 5) is 0. The van der Waals surface area contributed by atoms with E-state index in [1.807, 2.05) is 6.92 Å². The normalized spacial score (nSPS) is 10.4. The van der Waals surface area contributed by atoms with Crippen molar-refractivity contribution >= 4 is 11.9 Å². The third-order valence-electron chi connectivity index (χ3n) is 1.21. The van der Waals surface area contributed by atoms with Gasteiger partial charge in [-0.05, 0) is 19.1 Å². The van der Waals surface area contributed by atoms with Crippen molar-refractivity contribution in [1.29, 1.82) is 0 Å². The Morgan fingerprint density at radius 3 is 2.92 bits per heavy atom. The Morgan fingerprint density at radius 1 is 1.50 bits per heavy atom. The maximum Gasteiger partial charge on any atom is 0.146 e. The van der Waals surface area contributed by atoms with E-state index in [9.17, 15) is 0 Å². The van der Waals surface area contributed by atoms with E-state index in [1.54, 1.807) is 24.5 Å². The molecule has 1 rings (SSSR count). The van der Waals surface area contributed by atoms with Crippen LogP contribution in [0.2, 0.25) is 0 Å². The molecule has 0 aliphatic carbocycles. The van der Waals surface area contributed by atoms with Gasteiger partial charge in [0.05, 0.1) is 18.6 Å². The minimum Gasteiger partial charge on any atom is -0.501 e. The topological polar surface area (TPSA) is 61.0 Å². The molecule has 0 aromatic carbocycles. The van der Waals surface area contributed by atoms with Gasteiger partial charge in [-0.3, -0.25) is 0 Å². The third-order valence-corrected chi connectivity index (χ3v) is 1.21. The highest BCUT2D eigenvalue weighted by Gasteiger charge is 1.88. The van der Waals surface area contributed by atoms with Crippen LogP contribution in [0.15, 0.2) is 18.4 Å². The second-order valence-corrected chi connectivity index (χ2v) is 2.14. The molecule has 0 spiro atoms. The van der Waals surface area contributed by atoms with Crippen LogP contribution >= 0.6 is 0 Å². The van der Waals surface area contributed by atoms with E-state index in [4.69, 9.17) is 10.5 Å². The molecule has 0 unspecified atom stereocenters. The van der Waals surface area contributed by atoms with Gasteiger partial charge in [0.15, 0.2) is 0 Å². The van der Waals surface area contributed by atoms with Gasteiger partial charge in [-0.15, -0.1) is 10.2 Å². The SMILES string of the molecule is CCO/C=C\c1ccc(N)nn1. The molecule has 0 amide bonds. The van der Waals surface area contributed by atoms with Gasteiger partial charge in [0, 0.05) is 6.08 Å². The number of ether oxygens (including phenoxy) is 1. The summed E-state index contributed by atoms with van der Waals surface area (Å²) in [6.45, 7) is 2.57. The number of hydrogen-bond donors (Lipinski definition) is 1. The minimum absolute atomic E-state index is 0.420. The molecule has 4 nitrogen and oxygen atoms in total. The monoisotopic (exact) mass is 165 g/mol. The average Bonchev–Trinajstić information content (AvgIpc) is 2.09. The number of nitrogens with two attached hydrogens (primary N) is 1. The number of anilines is 1. The summed E-state index contributed by atoms with van der Waals surface area (Å²) in [5.74, 6) is 0.420. The molecule has 0 saturated carbocycles. The highest BCUT2D eigenvalue weighted by atomic mass is 16.5. The zero-order valence-corrected chi connectivity index (χ0v) is 6.90. The van der Waals surface area contributed by atoms with Crippen LogP contribution in [0.1, 0.15) is 12.6 Å². The van der Waals surface area contributed by atoms with Crippen molar-refractivity contribution in [2.24, 2.45) is 0 Å². The van der Waals surface area contributed by atoms with Crippen molar-refractivity contribution in [3.63, 3.8) is 0 Å². The van der Waals surface area contributed by atoms with E-state index in [2.05, 4.69) is 10.2 Å². The molecular weight excluding hydrogens is 154 g/mol. The molecule has 0 aliphatic heterocycles. The molecule has 12 heavy (non-hydrogen) atoms. The fourth-order valence-corrected chi connectivity index (χ4v) is 0.656. The first-order chi connectivity index (χ1) is 5.83. The average molecular weight is 165 g/mol. The summed E-state index contributed by atoms with van der Waals surface area (Å²) in [6.07, 6.45) is 3.32. The second-order valence-electron chi connectivity index (χ2n) is 2.14. The lowest BCUT2D eigenvalue weighted by Gasteiger charge is -1.93. The van der Waals surface area contributed by atoms with Gasteiger partial charge in [-0.2, -0.15) is 0 Å². The third kappa shape index (κ3) is 2.57. The number of rotatable bonds is 3. The summed E-state index contributed by atoms with van der Waals surface area (Å²) in [5.41, 5.74) is 6.09. The lowest BCUT2D eigenvalue weighted by molar-refractivity contribution is 0.272. The van der Waals surface area contributed by atoms with E-state index < -0.39 is 0 Å². The number of aromatic nitrogens is 2. The smallest absolute Gasteiger partial charge is 0.146 e. The molecule has 1 aromatic heterocycles. The molecule has 0 fully saturated rings. The van der Waals surface area contributed by atoms with Crippen LogP contribution in [-0.4, -0.2) is 16.8 Å². The van der Waals surface area contributed by atoms with Crippen LogP contribution in [0, 0.1) is 0 Å². The highest BCUT2D eigenvalue weighted by molar-refractivity contribution is 5.43. The van der Waals surface area contributed by atoms with Crippen LogP contribution in [0.5, 0.6) is 0 Å². The Hall–Kier alpha value is -1.58. The van der Waals surface area contributed by atoms with Crippen molar-refractivity contribution in [3.05, 3.63) is 24.1 Å². The summed E-state index contributed by atoms with van der Waals surface area (Å²) in [5, 5.41) is 7.49. The van der Waals surface area contributed by atoms with Gasteiger partial charge < -0.3 is 10.5 Å². The largest absolute Gasteiger partial charge is 0.501 e. The fourth-order valence-electron chi connectivity index (χ4n) is 0.656. The predicted molar refractivity (Wildman–Crippen MR) is 47.1 cm³/mol. The molecule has 1 heterocycles. The van der Waals surface area contributed by atoms with E-state index in [-0.39, 0.29) is 0 Å². The van der Waals surface area contributed by atoms with Gasteiger partial charge >= 0.3 is 0 Å². The zero-order chi connectivity index (χ0) is 8.81. The lowest BCUT2D eigenvalue weighted by atomic mass is 10.4. The Balaban J connectivity index is 2.58. The first-order valence-corrected chi connectivity index (χ1v) is 3.70. The van der Waals surface area contributed by atoms with Gasteiger partial charge in [0.2, 0.25) is 0 Å². The summed E-state index contributed by atoms with van der Waals surface area (Å²) >= 11 is 0. The molecule has 1 aromatic rings. The van der Waals surface area contributed by atoms with Crippen molar-refractivity contribution in [3.8, 4) is 0 Å². The number of nitrogens with zero attached hydrogens (tertiary/aromatic N) is 2. The lowest BCUT2D eigenvalue weighted by Crippen LogP contribution is -1.93. The molecule has 0 atom stereocenters. The Labute approximate surface area is 71.1 Å². The Morgan fingerprint density at radius 2 is 2.33 bits per heavy atom. The molecule has 4 heteroatoms. The van der Waals surface area contributed by atoms with Crippen LogP contribution in [0.25, 0.3) is 6.08 Å². The number of hydrogen-bond acceptors (Lipinski definition) is 4. The Kier molecular flexibility index (Phi) is 3.07. The molecule has 2 N–H and O–H groups in total. The quantitative estimate of drug-likeness (QED) is 0.680. The standard InChI is InChI=1S/C8H11N3O/c1-2-12-6-5-7-3-4-8(9)11-10-7/h3-6H,2H2,1H3,(H2,9,11)/b6-5-.